The van der Waals surface area contributed by atoms with E-state index in [0.717, 1.165) is 33.7 Å². The van der Waals surface area contributed by atoms with Gasteiger partial charge in [0.05, 0.1) is 17.8 Å². The van der Waals surface area contributed by atoms with Gasteiger partial charge in [-0.05, 0) is 72.9 Å². The van der Waals surface area contributed by atoms with Gasteiger partial charge in [0.1, 0.15) is 17.3 Å². The lowest BCUT2D eigenvalue weighted by Gasteiger charge is -2.19. The number of aromatic carboxylic acids is 1. The smallest absolute Gasteiger partial charge is 0.417 e. The second kappa shape index (κ2) is 10.7. The van der Waals surface area contributed by atoms with Crippen molar-refractivity contribution in [3.05, 3.63) is 117 Å². The van der Waals surface area contributed by atoms with E-state index in [1.165, 1.54) is 10.6 Å². The first-order chi connectivity index (χ1) is 19.9. The van der Waals surface area contributed by atoms with Gasteiger partial charge in [-0.1, -0.05) is 54.1 Å². The minimum absolute atomic E-state index is 0.0226. The SMILES string of the molecule is CCn1c(C(=O)O)cc2ccc(-c3cccc(-c4cc(C(F)(F)F)c(C#N)c(=O)n4Cc4ccc(C)cc4C)c3)cc21. The molecule has 2 aromatic heterocycles. The lowest BCUT2D eigenvalue weighted by atomic mass is 9.98. The first-order valence-corrected chi connectivity index (χ1v) is 13.2. The summed E-state index contributed by atoms with van der Waals surface area (Å²) < 4.78 is 45.1. The van der Waals surface area contributed by atoms with Gasteiger partial charge in [-0.15, -0.1) is 0 Å². The van der Waals surface area contributed by atoms with E-state index in [-0.39, 0.29) is 17.9 Å². The van der Waals surface area contributed by atoms with Crippen LogP contribution >= 0.6 is 0 Å². The van der Waals surface area contributed by atoms with Crippen LogP contribution in [0.5, 0.6) is 0 Å². The van der Waals surface area contributed by atoms with Crippen molar-refractivity contribution in [1.82, 2.24) is 9.13 Å². The molecule has 0 aliphatic carbocycles. The lowest BCUT2D eigenvalue weighted by molar-refractivity contribution is -0.137. The molecule has 3 aromatic carbocycles. The summed E-state index contributed by atoms with van der Waals surface area (Å²) in [6, 6.07) is 21.8. The number of carboxylic acid groups (broad SMARTS) is 1. The van der Waals surface area contributed by atoms with Crippen LogP contribution in [0.15, 0.2) is 77.6 Å². The van der Waals surface area contributed by atoms with Gasteiger partial charge in [0.15, 0.2) is 0 Å². The molecule has 0 unspecified atom stereocenters. The third-order valence-corrected chi connectivity index (χ3v) is 7.48. The highest BCUT2D eigenvalue weighted by Gasteiger charge is 2.36. The van der Waals surface area contributed by atoms with Crippen LogP contribution in [0.1, 0.15) is 45.2 Å². The van der Waals surface area contributed by atoms with Gasteiger partial charge in [0.2, 0.25) is 0 Å². The number of aromatic nitrogens is 2. The van der Waals surface area contributed by atoms with E-state index in [0.29, 0.717) is 23.2 Å². The van der Waals surface area contributed by atoms with E-state index in [9.17, 15) is 33.1 Å². The number of carbonyl (C=O) groups is 1. The lowest BCUT2D eigenvalue weighted by Crippen LogP contribution is -2.29. The molecule has 0 aliphatic heterocycles. The molecular formula is C33H26F3N3O3. The maximum absolute atomic E-state index is 14.1. The quantitative estimate of drug-likeness (QED) is 0.231. The number of halogens is 3. The van der Waals surface area contributed by atoms with Crippen molar-refractivity contribution in [2.45, 2.75) is 40.0 Å². The number of benzene rings is 3. The van der Waals surface area contributed by atoms with E-state index in [1.807, 2.05) is 51.1 Å². The Hall–Kier alpha value is -5.10. The molecule has 0 amide bonds. The minimum atomic E-state index is -4.91. The van der Waals surface area contributed by atoms with E-state index in [1.54, 1.807) is 41.0 Å². The Balaban J connectivity index is 1.72. The van der Waals surface area contributed by atoms with Crippen molar-refractivity contribution >= 4 is 16.9 Å². The molecule has 0 spiro atoms. The molecule has 0 radical (unpaired) electrons. The standard InChI is InChI=1S/C33H26F3N3O3/c1-4-38-28-14-22(10-11-24(28)15-30(38)32(41)42)21-6-5-7-23(13-21)29-16-27(33(34,35)36)26(17-37)31(40)39(29)18-25-9-8-19(2)12-20(25)3/h5-16H,4,18H2,1-3H3,(H,41,42). The molecule has 1 N–H and O–H groups in total. The summed E-state index contributed by atoms with van der Waals surface area (Å²) in [7, 11) is 0. The molecule has 212 valence electrons. The topological polar surface area (TPSA) is 88.0 Å². The van der Waals surface area contributed by atoms with Crippen molar-refractivity contribution in [2.24, 2.45) is 0 Å². The molecule has 0 saturated heterocycles. The van der Waals surface area contributed by atoms with Crippen molar-refractivity contribution in [2.75, 3.05) is 0 Å². The first kappa shape index (κ1) is 28.4. The highest BCUT2D eigenvalue weighted by molar-refractivity contribution is 5.96. The third-order valence-electron chi connectivity index (χ3n) is 7.48. The van der Waals surface area contributed by atoms with Crippen LogP contribution < -0.4 is 5.56 Å². The van der Waals surface area contributed by atoms with Crippen LogP contribution in [-0.4, -0.2) is 20.2 Å². The van der Waals surface area contributed by atoms with Crippen LogP contribution in [0.25, 0.3) is 33.3 Å². The monoisotopic (exact) mass is 569 g/mol. The number of pyridine rings is 1. The second-order valence-electron chi connectivity index (χ2n) is 10.2. The molecular weight excluding hydrogens is 543 g/mol. The number of hydrogen-bond donors (Lipinski definition) is 1. The summed E-state index contributed by atoms with van der Waals surface area (Å²) in [4.78, 5) is 25.2. The Kier molecular flexibility index (Phi) is 7.25. The fourth-order valence-corrected chi connectivity index (χ4v) is 5.38. The number of nitrogens with zero attached hydrogens (tertiary/aromatic N) is 3. The van der Waals surface area contributed by atoms with Gasteiger partial charge in [0.25, 0.3) is 5.56 Å². The van der Waals surface area contributed by atoms with Crippen LogP contribution in [0.4, 0.5) is 13.2 Å². The number of aryl methyl sites for hydroxylation is 3. The Morgan fingerprint density at radius 2 is 1.64 bits per heavy atom. The molecule has 0 atom stereocenters. The number of rotatable bonds is 6. The predicted molar refractivity (Wildman–Crippen MR) is 154 cm³/mol. The van der Waals surface area contributed by atoms with E-state index in [2.05, 4.69) is 0 Å². The predicted octanol–water partition coefficient (Wildman–Crippen LogP) is 7.41. The molecule has 5 aromatic rings. The molecule has 0 saturated carbocycles. The van der Waals surface area contributed by atoms with Gasteiger partial charge < -0.3 is 14.2 Å². The Morgan fingerprint density at radius 3 is 2.29 bits per heavy atom. The van der Waals surface area contributed by atoms with Crippen molar-refractivity contribution in [3.8, 4) is 28.5 Å². The maximum Gasteiger partial charge on any atom is 0.417 e. The van der Waals surface area contributed by atoms with E-state index >= 15 is 0 Å². The largest absolute Gasteiger partial charge is 0.477 e. The van der Waals surface area contributed by atoms with Crippen LogP contribution in [0, 0.1) is 25.2 Å². The number of fused-ring (bicyclic) bond motifs is 1. The average molecular weight is 570 g/mol. The fourth-order valence-electron chi connectivity index (χ4n) is 5.38. The molecule has 0 fully saturated rings. The van der Waals surface area contributed by atoms with Crippen molar-refractivity contribution in [1.29, 1.82) is 5.26 Å². The Bertz CT molecular complexity index is 1980. The first-order valence-electron chi connectivity index (χ1n) is 13.2. The molecule has 5 rings (SSSR count). The minimum Gasteiger partial charge on any atom is -0.477 e. The highest BCUT2D eigenvalue weighted by Crippen LogP contribution is 2.35. The molecule has 2 heterocycles. The normalized spacial score (nSPS) is 11.5. The molecule has 6 nitrogen and oxygen atoms in total. The van der Waals surface area contributed by atoms with Crippen LogP contribution in [-0.2, 0) is 19.3 Å². The van der Waals surface area contributed by atoms with Gasteiger partial charge in [-0.2, -0.15) is 18.4 Å². The molecule has 42 heavy (non-hydrogen) atoms. The number of hydrogen-bond acceptors (Lipinski definition) is 3. The molecule has 0 aliphatic rings. The maximum atomic E-state index is 14.1. The summed E-state index contributed by atoms with van der Waals surface area (Å²) in [6.45, 7) is 6.04. The molecule has 9 heteroatoms. The van der Waals surface area contributed by atoms with E-state index < -0.39 is 28.8 Å². The fraction of sp³-hybridized carbons (Fsp3) is 0.182. The summed E-state index contributed by atoms with van der Waals surface area (Å²) in [6.07, 6.45) is -4.91. The third kappa shape index (κ3) is 5.07. The summed E-state index contributed by atoms with van der Waals surface area (Å²) in [5.74, 6) is -1.04. The second-order valence-corrected chi connectivity index (χ2v) is 10.2. The van der Waals surface area contributed by atoms with Crippen LogP contribution in [0.2, 0.25) is 0 Å². The van der Waals surface area contributed by atoms with E-state index in [4.69, 9.17) is 0 Å². The number of carboxylic acids is 1. The summed E-state index contributed by atoms with van der Waals surface area (Å²) >= 11 is 0. The van der Waals surface area contributed by atoms with Gasteiger partial charge in [-0.3, -0.25) is 4.79 Å². The zero-order valence-electron chi connectivity index (χ0n) is 23.1. The molecule has 0 bridgehead atoms. The highest BCUT2D eigenvalue weighted by atomic mass is 19.4. The average Bonchev–Trinajstić information content (AvgIpc) is 3.33. The van der Waals surface area contributed by atoms with Crippen LogP contribution in [0.3, 0.4) is 0 Å². The summed E-state index contributed by atoms with van der Waals surface area (Å²) in [5.41, 5.74) is 2.01. The van der Waals surface area contributed by atoms with Crippen molar-refractivity contribution < 1.29 is 23.1 Å². The number of alkyl halides is 3. The van der Waals surface area contributed by atoms with Crippen molar-refractivity contribution in [3.63, 3.8) is 0 Å². The Labute approximate surface area is 239 Å². The Morgan fingerprint density at radius 1 is 0.929 bits per heavy atom. The zero-order chi connectivity index (χ0) is 30.3. The summed E-state index contributed by atoms with van der Waals surface area (Å²) in [5, 5.41) is 19.9. The van der Waals surface area contributed by atoms with Gasteiger partial charge >= 0.3 is 12.1 Å². The number of nitriles is 1. The van der Waals surface area contributed by atoms with Gasteiger partial charge in [0, 0.05) is 17.4 Å². The van der Waals surface area contributed by atoms with Gasteiger partial charge in [-0.25, -0.2) is 4.79 Å². The zero-order valence-corrected chi connectivity index (χ0v) is 23.1.